The Morgan fingerprint density at radius 3 is 1.18 bits per heavy atom. The Balaban J connectivity index is 0.000000266. The normalized spacial score (nSPS) is 27.2. The standard InChI is InChI=1S/C18H30O3.C13H20O2.CH4.B/c1-17(2)12-20-18(21-13-17)9-7-15(8-10-18)11-14-3-5-16(19)6-4-14;14-12-5-1-10(2-6-12)9-11-3-7-13(15)8-4-11;;/h14-15H,3-13H2,1-2H3;10-11H,1-9H2;1H4;. The van der Waals surface area contributed by atoms with Gasteiger partial charge in [0, 0.05) is 65.2 Å². The maximum absolute atomic E-state index is 11.3. The van der Waals surface area contributed by atoms with Gasteiger partial charge in [-0.05, 0) is 87.9 Å². The molecule has 1 spiro atoms. The van der Waals surface area contributed by atoms with Gasteiger partial charge in [0.15, 0.2) is 5.79 Å². The van der Waals surface area contributed by atoms with Gasteiger partial charge in [-0.1, -0.05) is 21.3 Å². The predicted octanol–water partition coefficient (Wildman–Crippen LogP) is 7.25. The Morgan fingerprint density at radius 1 is 0.579 bits per heavy atom. The molecule has 5 aliphatic rings. The maximum atomic E-state index is 11.3. The molecule has 0 aromatic heterocycles. The summed E-state index contributed by atoms with van der Waals surface area (Å²) < 4.78 is 12.2. The minimum atomic E-state index is -0.269. The molecular weight excluding hydrogens is 475 g/mol. The zero-order chi connectivity index (χ0) is 25.6. The Kier molecular flexibility index (Phi) is 13.2. The fraction of sp³-hybridized carbons (Fsp3) is 0.906. The van der Waals surface area contributed by atoms with Crippen molar-refractivity contribution in [2.45, 2.75) is 143 Å². The third-order valence-electron chi connectivity index (χ3n) is 9.64. The van der Waals surface area contributed by atoms with Crippen LogP contribution in [0.5, 0.6) is 0 Å². The number of ether oxygens (including phenoxy) is 2. The molecule has 1 aliphatic heterocycles. The van der Waals surface area contributed by atoms with E-state index < -0.39 is 0 Å². The van der Waals surface area contributed by atoms with Crippen molar-refractivity contribution < 1.29 is 23.9 Å². The highest BCUT2D eigenvalue weighted by Gasteiger charge is 2.43. The van der Waals surface area contributed by atoms with E-state index >= 15 is 0 Å². The van der Waals surface area contributed by atoms with E-state index in [-0.39, 0.29) is 27.0 Å². The summed E-state index contributed by atoms with van der Waals surface area (Å²) in [4.78, 5) is 33.5. The molecule has 1 saturated heterocycles. The number of carbonyl (C=O) groups excluding carboxylic acids is 3. The molecule has 0 aromatic carbocycles. The lowest BCUT2D eigenvalue weighted by atomic mass is 9.75. The molecule has 0 N–H and O–H groups in total. The number of hydrogen-bond donors (Lipinski definition) is 0. The van der Waals surface area contributed by atoms with Crippen molar-refractivity contribution in [1.29, 1.82) is 0 Å². The molecule has 0 amide bonds. The van der Waals surface area contributed by atoms with Gasteiger partial charge in [0.05, 0.1) is 13.2 Å². The first-order valence-corrected chi connectivity index (χ1v) is 15.0. The van der Waals surface area contributed by atoms with Crippen molar-refractivity contribution in [1.82, 2.24) is 0 Å². The zero-order valence-corrected chi connectivity index (χ0v) is 23.6. The Hall–Kier alpha value is -1.01. The molecule has 4 aliphatic carbocycles. The Morgan fingerprint density at radius 2 is 0.868 bits per heavy atom. The van der Waals surface area contributed by atoms with E-state index in [4.69, 9.17) is 9.47 Å². The molecule has 4 saturated carbocycles. The molecule has 0 aromatic rings. The largest absolute Gasteiger partial charge is 0.349 e. The van der Waals surface area contributed by atoms with Crippen LogP contribution in [0.4, 0.5) is 0 Å². The summed E-state index contributed by atoms with van der Waals surface area (Å²) in [5.41, 5.74) is 0.163. The lowest BCUT2D eigenvalue weighted by molar-refractivity contribution is -0.312. The lowest BCUT2D eigenvalue weighted by Gasteiger charge is -2.47. The van der Waals surface area contributed by atoms with E-state index in [2.05, 4.69) is 13.8 Å². The van der Waals surface area contributed by atoms with Crippen LogP contribution in [0.2, 0.25) is 0 Å². The van der Waals surface area contributed by atoms with Gasteiger partial charge in [0.1, 0.15) is 17.3 Å². The van der Waals surface area contributed by atoms with Crippen LogP contribution < -0.4 is 0 Å². The van der Waals surface area contributed by atoms with Crippen LogP contribution in [-0.4, -0.2) is 44.8 Å². The molecule has 5 rings (SSSR count). The number of carbonyl (C=O) groups is 3. The molecule has 0 bridgehead atoms. The van der Waals surface area contributed by atoms with Crippen molar-refractivity contribution in [3.63, 3.8) is 0 Å². The van der Waals surface area contributed by atoms with E-state index in [0.717, 1.165) is 127 Å². The van der Waals surface area contributed by atoms with Crippen molar-refractivity contribution >= 4 is 25.8 Å². The minimum Gasteiger partial charge on any atom is -0.349 e. The van der Waals surface area contributed by atoms with Gasteiger partial charge >= 0.3 is 0 Å². The van der Waals surface area contributed by atoms with Crippen LogP contribution in [-0.2, 0) is 23.9 Å². The second-order valence-corrected chi connectivity index (χ2v) is 13.5. The summed E-state index contributed by atoms with van der Waals surface area (Å²) in [6, 6.07) is 0. The van der Waals surface area contributed by atoms with Gasteiger partial charge in [-0.15, -0.1) is 0 Å². The maximum Gasteiger partial charge on any atom is 0.168 e. The van der Waals surface area contributed by atoms with E-state index in [9.17, 15) is 14.4 Å². The van der Waals surface area contributed by atoms with Gasteiger partial charge < -0.3 is 9.47 Å². The van der Waals surface area contributed by atoms with Gasteiger partial charge in [-0.3, -0.25) is 14.4 Å². The molecular formula is C32H54BO5. The molecule has 1 heterocycles. The SMILES string of the molecule is C.CC1(C)COC2(CCC(CC3CCC(=O)CC3)CC2)OC1.O=C1CCC(CC2CCC(=O)CC2)CC1.[B]. The average Bonchev–Trinajstić information content (AvgIpc) is 2.87. The summed E-state index contributed by atoms with van der Waals surface area (Å²) in [7, 11) is 0. The number of Topliss-reactive ketones (excluding diaryl/α,β-unsaturated/α-hetero) is 3. The lowest BCUT2D eigenvalue weighted by Crippen LogP contribution is -2.49. The number of ketones is 3. The third-order valence-corrected chi connectivity index (χ3v) is 9.64. The number of hydrogen-bond acceptors (Lipinski definition) is 5. The summed E-state index contributed by atoms with van der Waals surface area (Å²) in [5, 5.41) is 0. The average molecular weight is 530 g/mol. The third kappa shape index (κ3) is 10.2. The second kappa shape index (κ2) is 15.1. The molecule has 5 fully saturated rings. The molecule has 0 unspecified atom stereocenters. The van der Waals surface area contributed by atoms with Crippen LogP contribution in [0.25, 0.3) is 0 Å². The van der Waals surface area contributed by atoms with E-state index in [1.54, 1.807) is 0 Å². The van der Waals surface area contributed by atoms with Crippen LogP contribution in [0.3, 0.4) is 0 Å². The topological polar surface area (TPSA) is 69.7 Å². The summed E-state index contributed by atoms with van der Waals surface area (Å²) in [6.45, 7) is 6.05. The second-order valence-electron chi connectivity index (χ2n) is 13.5. The number of rotatable bonds is 4. The van der Waals surface area contributed by atoms with E-state index in [1.807, 2.05) is 0 Å². The summed E-state index contributed by atoms with van der Waals surface area (Å²) in [6.07, 6.45) is 18.6. The predicted molar refractivity (Wildman–Crippen MR) is 153 cm³/mol. The molecule has 3 radical (unpaired) electrons. The highest BCUT2D eigenvalue weighted by Crippen LogP contribution is 2.43. The Labute approximate surface area is 234 Å². The first-order valence-electron chi connectivity index (χ1n) is 15.0. The summed E-state index contributed by atoms with van der Waals surface area (Å²) >= 11 is 0. The molecule has 0 atom stereocenters. The minimum absolute atomic E-state index is 0. The Bertz CT molecular complexity index is 702. The van der Waals surface area contributed by atoms with Crippen molar-refractivity contribution in [2.75, 3.05) is 13.2 Å². The van der Waals surface area contributed by atoms with Crippen LogP contribution in [0, 0.1) is 29.1 Å². The van der Waals surface area contributed by atoms with Gasteiger partial charge in [0.2, 0.25) is 0 Å². The van der Waals surface area contributed by atoms with Gasteiger partial charge in [0.25, 0.3) is 0 Å². The van der Waals surface area contributed by atoms with Crippen molar-refractivity contribution in [3.05, 3.63) is 0 Å². The van der Waals surface area contributed by atoms with Gasteiger partial charge in [-0.2, -0.15) is 0 Å². The zero-order valence-electron chi connectivity index (χ0n) is 23.6. The van der Waals surface area contributed by atoms with Crippen LogP contribution >= 0.6 is 0 Å². The highest BCUT2D eigenvalue weighted by molar-refractivity contribution is 5.79. The fourth-order valence-electron chi connectivity index (χ4n) is 7.03. The van der Waals surface area contributed by atoms with Crippen LogP contribution in [0.15, 0.2) is 0 Å². The monoisotopic (exact) mass is 529 g/mol. The van der Waals surface area contributed by atoms with Crippen LogP contribution in [0.1, 0.15) is 137 Å². The molecule has 5 nitrogen and oxygen atoms in total. The van der Waals surface area contributed by atoms with Crippen molar-refractivity contribution in [3.8, 4) is 0 Å². The van der Waals surface area contributed by atoms with Gasteiger partial charge in [-0.25, -0.2) is 0 Å². The van der Waals surface area contributed by atoms with E-state index in [1.165, 1.54) is 25.7 Å². The smallest absolute Gasteiger partial charge is 0.168 e. The first kappa shape index (κ1) is 33.2. The van der Waals surface area contributed by atoms with Crippen molar-refractivity contribution in [2.24, 2.45) is 29.1 Å². The highest BCUT2D eigenvalue weighted by atomic mass is 16.7. The first-order chi connectivity index (χ1) is 17.2. The fourth-order valence-corrected chi connectivity index (χ4v) is 7.03. The molecule has 6 heteroatoms. The molecule has 215 valence electrons. The molecule has 38 heavy (non-hydrogen) atoms. The quantitative estimate of drug-likeness (QED) is 0.359. The summed E-state index contributed by atoms with van der Waals surface area (Å²) in [5.74, 6) is 4.23. The van der Waals surface area contributed by atoms with E-state index in [0.29, 0.717) is 17.3 Å².